The molecule has 3 rings (SSSR count). The lowest BCUT2D eigenvalue weighted by molar-refractivity contribution is 0.102. The molecule has 7 nitrogen and oxygen atoms in total. The van der Waals surface area contributed by atoms with E-state index in [2.05, 4.69) is 36.2 Å². The topological polar surface area (TPSA) is 75.9 Å². The minimum absolute atomic E-state index is 0.308. The van der Waals surface area contributed by atoms with Crippen LogP contribution in [0.15, 0.2) is 53.5 Å². The largest absolute Gasteiger partial charge is 0.347 e. The molecular formula is C16H15BrN6O. The molecule has 122 valence electrons. The Hall–Kier alpha value is -2.74. The van der Waals surface area contributed by atoms with Crippen molar-refractivity contribution in [1.82, 2.24) is 19.5 Å². The summed E-state index contributed by atoms with van der Waals surface area (Å²) in [5, 5.41) is 2.73. The first-order chi connectivity index (χ1) is 11.5. The predicted molar refractivity (Wildman–Crippen MR) is 95.6 cm³/mol. The van der Waals surface area contributed by atoms with Crippen molar-refractivity contribution in [3.05, 3.63) is 59.2 Å². The number of hydrogen-bond donors (Lipinski definition) is 1. The second-order valence-electron chi connectivity index (χ2n) is 5.23. The fourth-order valence-electron chi connectivity index (χ4n) is 2.01. The first-order valence-corrected chi connectivity index (χ1v) is 7.94. The maximum absolute atomic E-state index is 12.3. The summed E-state index contributed by atoms with van der Waals surface area (Å²) >= 11 is 3.39. The Balaban J connectivity index is 1.76. The van der Waals surface area contributed by atoms with Crippen LogP contribution in [-0.2, 0) is 0 Å². The molecule has 0 bridgehead atoms. The first-order valence-electron chi connectivity index (χ1n) is 7.14. The number of benzene rings is 1. The average molecular weight is 387 g/mol. The van der Waals surface area contributed by atoms with Crippen LogP contribution in [0.3, 0.4) is 0 Å². The summed E-state index contributed by atoms with van der Waals surface area (Å²) in [5.74, 6) is 0.624. The Kier molecular flexibility index (Phi) is 4.57. The molecule has 0 aliphatic carbocycles. The lowest BCUT2D eigenvalue weighted by Crippen LogP contribution is -2.17. The third-order valence-corrected chi connectivity index (χ3v) is 3.75. The SMILES string of the molecule is CN(C)c1nccc(NC(=O)c2cn(-c3ccc(Br)cc3)cn2)n1. The average Bonchev–Trinajstić information content (AvgIpc) is 3.06. The van der Waals surface area contributed by atoms with E-state index in [-0.39, 0.29) is 5.91 Å². The van der Waals surface area contributed by atoms with Gasteiger partial charge in [-0.05, 0) is 30.3 Å². The zero-order chi connectivity index (χ0) is 17.1. The molecule has 0 saturated carbocycles. The Labute approximate surface area is 147 Å². The molecule has 0 saturated heterocycles. The number of imidazole rings is 1. The molecular weight excluding hydrogens is 372 g/mol. The van der Waals surface area contributed by atoms with Crippen LogP contribution in [0.2, 0.25) is 0 Å². The van der Waals surface area contributed by atoms with E-state index in [1.165, 1.54) is 0 Å². The van der Waals surface area contributed by atoms with Crippen molar-refractivity contribution < 1.29 is 4.79 Å². The Morgan fingerprint density at radius 1 is 1.17 bits per heavy atom. The number of anilines is 2. The highest BCUT2D eigenvalue weighted by atomic mass is 79.9. The summed E-state index contributed by atoms with van der Waals surface area (Å²) in [6, 6.07) is 9.36. The molecule has 8 heteroatoms. The molecule has 1 N–H and O–H groups in total. The molecule has 0 unspecified atom stereocenters. The number of carbonyl (C=O) groups excluding carboxylic acids is 1. The lowest BCUT2D eigenvalue weighted by Gasteiger charge is -2.10. The number of nitrogens with one attached hydrogen (secondary N) is 1. The van der Waals surface area contributed by atoms with Gasteiger partial charge in [-0.3, -0.25) is 4.79 Å². The molecule has 3 aromatic rings. The summed E-state index contributed by atoms with van der Waals surface area (Å²) in [7, 11) is 3.67. The summed E-state index contributed by atoms with van der Waals surface area (Å²) < 4.78 is 2.77. The number of aromatic nitrogens is 4. The summed E-state index contributed by atoms with van der Waals surface area (Å²) in [4.78, 5) is 26.6. The van der Waals surface area contributed by atoms with Crippen molar-refractivity contribution in [1.29, 1.82) is 0 Å². The summed E-state index contributed by atoms with van der Waals surface area (Å²) in [6.45, 7) is 0. The van der Waals surface area contributed by atoms with Gasteiger partial charge >= 0.3 is 0 Å². The van der Waals surface area contributed by atoms with Gasteiger partial charge in [-0.15, -0.1) is 0 Å². The van der Waals surface area contributed by atoms with Crippen LogP contribution < -0.4 is 10.2 Å². The second-order valence-corrected chi connectivity index (χ2v) is 6.15. The van der Waals surface area contributed by atoms with Crippen LogP contribution in [0, 0.1) is 0 Å². The Morgan fingerprint density at radius 2 is 1.92 bits per heavy atom. The molecule has 2 heterocycles. The van der Waals surface area contributed by atoms with Gasteiger partial charge in [0.25, 0.3) is 5.91 Å². The zero-order valence-corrected chi connectivity index (χ0v) is 14.7. The van der Waals surface area contributed by atoms with E-state index < -0.39 is 0 Å². The van der Waals surface area contributed by atoms with Crippen LogP contribution >= 0.6 is 15.9 Å². The van der Waals surface area contributed by atoms with E-state index in [1.54, 1.807) is 34.3 Å². The van der Waals surface area contributed by atoms with Gasteiger partial charge in [-0.1, -0.05) is 15.9 Å². The molecule has 0 spiro atoms. The molecule has 1 aromatic carbocycles. The number of amides is 1. The molecule has 0 fully saturated rings. The standard InChI is InChI=1S/C16H15BrN6O/c1-22(2)16-18-8-7-14(21-16)20-15(24)13-9-23(10-19-13)12-5-3-11(17)4-6-12/h3-10H,1-2H3,(H,18,20,21,24). The summed E-state index contributed by atoms with van der Waals surface area (Å²) in [5.41, 5.74) is 1.23. The van der Waals surface area contributed by atoms with Gasteiger partial charge in [0.15, 0.2) is 0 Å². The number of rotatable bonds is 4. The fraction of sp³-hybridized carbons (Fsp3) is 0.125. The molecule has 0 aliphatic rings. The quantitative estimate of drug-likeness (QED) is 0.745. The minimum atomic E-state index is -0.325. The number of carbonyl (C=O) groups is 1. The first kappa shape index (κ1) is 16.1. The van der Waals surface area contributed by atoms with Crippen molar-refractivity contribution in [2.45, 2.75) is 0 Å². The highest BCUT2D eigenvalue weighted by molar-refractivity contribution is 9.10. The molecule has 24 heavy (non-hydrogen) atoms. The predicted octanol–water partition coefficient (Wildman–Crippen LogP) is 2.74. The van der Waals surface area contributed by atoms with Crippen molar-refractivity contribution >= 4 is 33.6 Å². The second kappa shape index (κ2) is 6.79. The van der Waals surface area contributed by atoms with Crippen LogP contribution in [0.4, 0.5) is 11.8 Å². The molecule has 2 aromatic heterocycles. The highest BCUT2D eigenvalue weighted by Crippen LogP contribution is 2.15. The molecule has 1 amide bonds. The normalized spacial score (nSPS) is 10.5. The van der Waals surface area contributed by atoms with E-state index in [1.807, 2.05) is 38.4 Å². The Morgan fingerprint density at radius 3 is 2.62 bits per heavy atom. The van der Waals surface area contributed by atoms with Crippen LogP contribution in [0.25, 0.3) is 5.69 Å². The third-order valence-electron chi connectivity index (χ3n) is 3.22. The van der Waals surface area contributed by atoms with Gasteiger partial charge in [0.2, 0.25) is 5.95 Å². The number of nitrogens with zero attached hydrogens (tertiary/aromatic N) is 5. The summed E-state index contributed by atoms with van der Waals surface area (Å²) in [6.07, 6.45) is 4.87. The minimum Gasteiger partial charge on any atom is -0.347 e. The van der Waals surface area contributed by atoms with Gasteiger partial charge in [-0.2, -0.15) is 4.98 Å². The van der Waals surface area contributed by atoms with Crippen LogP contribution in [0.5, 0.6) is 0 Å². The molecule has 0 radical (unpaired) electrons. The van der Waals surface area contributed by atoms with Crippen LogP contribution in [0.1, 0.15) is 10.5 Å². The smallest absolute Gasteiger partial charge is 0.277 e. The highest BCUT2D eigenvalue weighted by Gasteiger charge is 2.12. The van der Waals surface area contributed by atoms with Gasteiger partial charge in [-0.25, -0.2) is 9.97 Å². The third kappa shape index (κ3) is 3.60. The van der Waals surface area contributed by atoms with E-state index >= 15 is 0 Å². The van der Waals surface area contributed by atoms with Crippen molar-refractivity contribution in [3.63, 3.8) is 0 Å². The number of halogens is 1. The van der Waals surface area contributed by atoms with E-state index in [4.69, 9.17) is 0 Å². The van der Waals surface area contributed by atoms with Gasteiger partial charge in [0, 0.05) is 36.6 Å². The van der Waals surface area contributed by atoms with E-state index in [9.17, 15) is 4.79 Å². The van der Waals surface area contributed by atoms with Crippen molar-refractivity contribution in [2.75, 3.05) is 24.3 Å². The van der Waals surface area contributed by atoms with Gasteiger partial charge in [0.05, 0.1) is 0 Å². The van der Waals surface area contributed by atoms with E-state index in [0.29, 0.717) is 17.5 Å². The van der Waals surface area contributed by atoms with Gasteiger partial charge < -0.3 is 14.8 Å². The maximum atomic E-state index is 12.3. The van der Waals surface area contributed by atoms with Crippen molar-refractivity contribution in [2.24, 2.45) is 0 Å². The maximum Gasteiger partial charge on any atom is 0.277 e. The Bertz CT molecular complexity index is 859. The number of hydrogen-bond acceptors (Lipinski definition) is 5. The fourth-order valence-corrected chi connectivity index (χ4v) is 2.27. The van der Waals surface area contributed by atoms with E-state index in [0.717, 1.165) is 10.2 Å². The monoisotopic (exact) mass is 386 g/mol. The molecule has 0 aliphatic heterocycles. The lowest BCUT2D eigenvalue weighted by atomic mass is 10.3. The zero-order valence-electron chi connectivity index (χ0n) is 13.1. The van der Waals surface area contributed by atoms with Gasteiger partial charge in [0.1, 0.15) is 17.8 Å². The van der Waals surface area contributed by atoms with Crippen molar-refractivity contribution in [3.8, 4) is 5.69 Å². The molecule has 0 atom stereocenters. The van der Waals surface area contributed by atoms with Crippen LogP contribution in [-0.4, -0.2) is 39.5 Å².